The highest BCUT2D eigenvalue weighted by Crippen LogP contribution is 2.30. The van der Waals surface area contributed by atoms with E-state index in [9.17, 15) is 13.2 Å². The maximum absolute atomic E-state index is 12.6. The van der Waals surface area contributed by atoms with Crippen LogP contribution >= 0.6 is 15.9 Å². The average molecular weight is 437 g/mol. The Balaban J connectivity index is 1.79. The number of hydrogen-bond acceptors (Lipinski definition) is 3. The van der Waals surface area contributed by atoms with Crippen LogP contribution in [-0.4, -0.2) is 27.1 Å². The summed E-state index contributed by atoms with van der Waals surface area (Å²) in [5.41, 5.74) is 2.82. The molecular weight excluding hydrogens is 416 g/mol. The van der Waals surface area contributed by atoms with E-state index in [2.05, 4.69) is 27.3 Å². The highest BCUT2D eigenvalue weighted by atomic mass is 79.9. The molecule has 7 heteroatoms. The SMILES string of the molecule is CS(=O)(=O)N(CC(=O)N[C@@H]1CCCc2ccccc21)c1ccccc1Br. The molecule has 5 nitrogen and oxygen atoms in total. The van der Waals surface area contributed by atoms with Crippen molar-refractivity contribution in [1.82, 2.24) is 5.32 Å². The first kappa shape index (κ1) is 18.9. The van der Waals surface area contributed by atoms with Gasteiger partial charge in [0.25, 0.3) is 0 Å². The van der Waals surface area contributed by atoms with Gasteiger partial charge in [0.1, 0.15) is 6.54 Å². The summed E-state index contributed by atoms with van der Waals surface area (Å²) in [4.78, 5) is 12.6. The maximum Gasteiger partial charge on any atom is 0.241 e. The minimum Gasteiger partial charge on any atom is -0.348 e. The van der Waals surface area contributed by atoms with E-state index in [-0.39, 0.29) is 18.5 Å². The van der Waals surface area contributed by atoms with Crippen LogP contribution in [-0.2, 0) is 21.2 Å². The Hall–Kier alpha value is -1.86. The number of aryl methyl sites for hydroxylation is 1. The number of sulfonamides is 1. The molecule has 1 aliphatic rings. The van der Waals surface area contributed by atoms with E-state index in [1.165, 1.54) is 5.56 Å². The number of halogens is 1. The van der Waals surface area contributed by atoms with Gasteiger partial charge in [-0.25, -0.2) is 8.42 Å². The Kier molecular flexibility index (Phi) is 5.67. The molecule has 3 rings (SSSR count). The van der Waals surface area contributed by atoms with E-state index in [1.807, 2.05) is 18.2 Å². The molecule has 0 saturated carbocycles. The van der Waals surface area contributed by atoms with Gasteiger partial charge in [0.2, 0.25) is 15.9 Å². The number of carbonyl (C=O) groups excluding carboxylic acids is 1. The van der Waals surface area contributed by atoms with Crippen LogP contribution in [0.3, 0.4) is 0 Å². The molecule has 0 unspecified atom stereocenters. The second-order valence-electron chi connectivity index (χ2n) is 6.43. The van der Waals surface area contributed by atoms with Crippen molar-refractivity contribution >= 4 is 37.5 Å². The first-order valence-corrected chi connectivity index (χ1v) is 11.1. The molecule has 0 fully saturated rings. The predicted molar refractivity (Wildman–Crippen MR) is 107 cm³/mol. The Bertz CT molecular complexity index is 915. The van der Waals surface area contributed by atoms with Crippen molar-refractivity contribution in [2.24, 2.45) is 0 Å². The topological polar surface area (TPSA) is 66.5 Å². The third-order valence-electron chi connectivity index (χ3n) is 4.51. The van der Waals surface area contributed by atoms with Crippen LogP contribution in [0.1, 0.15) is 30.0 Å². The largest absolute Gasteiger partial charge is 0.348 e. The molecule has 26 heavy (non-hydrogen) atoms. The van der Waals surface area contributed by atoms with Crippen molar-refractivity contribution in [2.75, 3.05) is 17.1 Å². The van der Waals surface area contributed by atoms with Crippen molar-refractivity contribution < 1.29 is 13.2 Å². The summed E-state index contributed by atoms with van der Waals surface area (Å²) in [6.45, 7) is -0.250. The van der Waals surface area contributed by atoms with Crippen molar-refractivity contribution in [3.63, 3.8) is 0 Å². The molecule has 0 saturated heterocycles. The van der Waals surface area contributed by atoms with Crippen molar-refractivity contribution in [1.29, 1.82) is 0 Å². The lowest BCUT2D eigenvalue weighted by Crippen LogP contribution is -2.42. The summed E-state index contributed by atoms with van der Waals surface area (Å²) in [5, 5.41) is 3.01. The second kappa shape index (κ2) is 7.80. The number of benzene rings is 2. The number of nitrogens with zero attached hydrogens (tertiary/aromatic N) is 1. The minimum atomic E-state index is -3.59. The summed E-state index contributed by atoms with van der Waals surface area (Å²) in [6, 6.07) is 15.0. The van der Waals surface area contributed by atoms with E-state index in [0.717, 1.165) is 35.4 Å². The van der Waals surface area contributed by atoms with Gasteiger partial charge in [-0.1, -0.05) is 36.4 Å². The standard InChI is InChI=1S/C19H21BrN2O3S/c1-26(24,25)22(18-12-5-4-10-16(18)20)13-19(23)21-17-11-6-8-14-7-2-3-9-15(14)17/h2-5,7,9-10,12,17H,6,8,11,13H2,1H3,(H,21,23)/t17-/m1/s1. The van der Waals surface area contributed by atoms with Crippen LogP contribution in [0.15, 0.2) is 53.0 Å². The molecule has 1 aliphatic carbocycles. The summed E-state index contributed by atoms with van der Waals surface area (Å²) in [5.74, 6) is -0.312. The summed E-state index contributed by atoms with van der Waals surface area (Å²) >= 11 is 3.36. The van der Waals surface area contributed by atoms with Gasteiger partial charge in [0.15, 0.2) is 0 Å². The smallest absolute Gasteiger partial charge is 0.241 e. The Morgan fingerprint density at radius 2 is 1.88 bits per heavy atom. The molecule has 0 aliphatic heterocycles. The lowest BCUT2D eigenvalue weighted by Gasteiger charge is -2.28. The van der Waals surface area contributed by atoms with Gasteiger partial charge in [0, 0.05) is 4.47 Å². The first-order valence-electron chi connectivity index (χ1n) is 8.45. The zero-order valence-corrected chi connectivity index (χ0v) is 16.9. The van der Waals surface area contributed by atoms with E-state index in [1.54, 1.807) is 24.3 Å². The third-order valence-corrected chi connectivity index (χ3v) is 6.31. The first-order chi connectivity index (χ1) is 12.4. The molecule has 138 valence electrons. The Morgan fingerprint density at radius 3 is 2.62 bits per heavy atom. The Morgan fingerprint density at radius 1 is 1.19 bits per heavy atom. The lowest BCUT2D eigenvalue weighted by atomic mass is 9.88. The minimum absolute atomic E-state index is 0.0759. The van der Waals surface area contributed by atoms with Gasteiger partial charge in [-0.05, 0) is 58.5 Å². The van der Waals surface area contributed by atoms with Crippen LogP contribution in [0.4, 0.5) is 5.69 Å². The number of anilines is 1. The number of amides is 1. The zero-order chi connectivity index (χ0) is 18.7. The van der Waals surface area contributed by atoms with Crippen LogP contribution in [0.2, 0.25) is 0 Å². The number of carbonyl (C=O) groups is 1. The number of rotatable bonds is 5. The summed E-state index contributed by atoms with van der Waals surface area (Å²) < 4.78 is 26.2. The van der Waals surface area contributed by atoms with E-state index < -0.39 is 10.0 Å². The molecule has 0 heterocycles. The quantitative estimate of drug-likeness (QED) is 0.780. The van der Waals surface area contributed by atoms with Gasteiger partial charge in [-0.15, -0.1) is 0 Å². The fourth-order valence-electron chi connectivity index (χ4n) is 3.31. The van der Waals surface area contributed by atoms with Crippen molar-refractivity contribution in [2.45, 2.75) is 25.3 Å². The fraction of sp³-hybridized carbons (Fsp3) is 0.316. The second-order valence-corrected chi connectivity index (χ2v) is 9.19. The molecule has 1 amide bonds. The highest BCUT2D eigenvalue weighted by molar-refractivity contribution is 9.10. The number of hydrogen-bond donors (Lipinski definition) is 1. The van der Waals surface area contributed by atoms with Gasteiger partial charge < -0.3 is 5.32 Å². The van der Waals surface area contributed by atoms with Crippen LogP contribution < -0.4 is 9.62 Å². The highest BCUT2D eigenvalue weighted by Gasteiger charge is 2.26. The molecule has 1 N–H and O–H groups in total. The number of fused-ring (bicyclic) bond motifs is 1. The van der Waals surface area contributed by atoms with Crippen molar-refractivity contribution in [3.8, 4) is 0 Å². The third kappa shape index (κ3) is 4.27. The van der Waals surface area contributed by atoms with Gasteiger partial charge in [-0.3, -0.25) is 9.10 Å². The van der Waals surface area contributed by atoms with Crippen LogP contribution in [0.25, 0.3) is 0 Å². The van der Waals surface area contributed by atoms with E-state index in [0.29, 0.717) is 10.2 Å². The van der Waals surface area contributed by atoms with Gasteiger partial charge >= 0.3 is 0 Å². The molecule has 1 atom stereocenters. The van der Waals surface area contributed by atoms with Gasteiger partial charge in [-0.2, -0.15) is 0 Å². The molecular formula is C19H21BrN2O3S. The molecule has 0 bridgehead atoms. The maximum atomic E-state index is 12.6. The molecule has 2 aromatic carbocycles. The van der Waals surface area contributed by atoms with Crippen LogP contribution in [0.5, 0.6) is 0 Å². The average Bonchev–Trinajstić information content (AvgIpc) is 2.60. The van der Waals surface area contributed by atoms with Crippen molar-refractivity contribution in [3.05, 3.63) is 64.1 Å². The zero-order valence-electron chi connectivity index (χ0n) is 14.5. The Labute approximate surface area is 162 Å². The lowest BCUT2D eigenvalue weighted by molar-refractivity contribution is -0.120. The molecule has 0 aromatic heterocycles. The molecule has 2 aromatic rings. The normalized spacial score (nSPS) is 16.6. The van der Waals surface area contributed by atoms with Gasteiger partial charge in [0.05, 0.1) is 18.0 Å². The van der Waals surface area contributed by atoms with Crippen LogP contribution in [0, 0.1) is 0 Å². The predicted octanol–water partition coefficient (Wildman–Crippen LogP) is 3.41. The molecule has 0 spiro atoms. The number of para-hydroxylation sites is 1. The van der Waals surface area contributed by atoms with E-state index >= 15 is 0 Å². The monoisotopic (exact) mass is 436 g/mol. The summed E-state index contributed by atoms with van der Waals surface area (Å²) in [7, 11) is -3.59. The van der Waals surface area contributed by atoms with E-state index in [4.69, 9.17) is 0 Å². The fourth-order valence-corrected chi connectivity index (χ4v) is 4.79. The molecule has 0 radical (unpaired) electrons. The number of nitrogens with one attached hydrogen (secondary N) is 1. The summed E-state index contributed by atoms with van der Waals surface area (Å²) in [6.07, 6.45) is 3.98.